The van der Waals surface area contributed by atoms with Gasteiger partial charge in [-0.25, -0.2) is 4.39 Å². The first kappa shape index (κ1) is 16.2. The van der Waals surface area contributed by atoms with Gasteiger partial charge in [0.15, 0.2) is 11.6 Å². The average Bonchev–Trinajstić information content (AvgIpc) is 2.36. The standard InChI is InChI=1S/C14H21FN2O.ClH/c1-3-18-14-5-4-12(8-13(14)15)10-17-7-6-16-9-11(17)2;/h4-5,8,11,16H,3,6-7,9-10H2,1-2H3;1H. The zero-order valence-corrected chi connectivity index (χ0v) is 12.3. The number of halogens is 2. The van der Waals surface area contributed by atoms with Gasteiger partial charge in [0.2, 0.25) is 0 Å². The predicted octanol–water partition coefficient (Wildman–Crippen LogP) is 2.44. The van der Waals surface area contributed by atoms with E-state index in [0.29, 0.717) is 18.4 Å². The quantitative estimate of drug-likeness (QED) is 0.921. The summed E-state index contributed by atoms with van der Waals surface area (Å²) in [5, 5.41) is 3.35. The fourth-order valence-corrected chi connectivity index (χ4v) is 2.27. The molecule has 1 heterocycles. The molecule has 0 bridgehead atoms. The van der Waals surface area contributed by atoms with Crippen LogP contribution in [0.15, 0.2) is 18.2 Å². The van der Waals surface area contributed by atoms with Crippen LogP contribution in [-0.4, -0.2) is 37.2 Å². The maximum atomic E-state index is 13.7. The van der Waals surface area contributed by atoms with Gasteiger partial charge >= 0.3 is 0 Å². The molecule has 0 saturated carbocycles. The Hall–Kier alpha value is -0.840. The molecule has 0 aromatic heterocycles. The van der Waals surface area contributed by atoms with E-state index in [1.807, 2.05) is 13.0 Å². The highest BCUT2D eigenvalue weighted by Gasteiger charge is 2.18. The first-order valence-electron chi connectivity index (χ1n) is 6.56. The first-order chi connectivity index (χ1) is 8.70. The molecule has 1 aromatic rings. The van der Waals surface area contributed by atoms with Crippen molar-refractivity contribution >= 4 is 12.4 Å². The minimum absolute atomic E-state index is 0. The fraction of sp³-hybridized carbons (Fsp3) is 0.571. The van der Waals surface area contributed by atoms with Crippen LogP contribution in [0.5, 0.6) is 5.75 Å². The van der Waals surface area contributed by atoms with Crippen LogP contribution >= 0.6 is 12.4 Å². The minimum atomic E-state index is -0.267. The summed E-state index contributed by atoms with van der Waals surface area (Å²) in [7, 11) is 0. The van der Waals surface area contributed by atoms with Gasteiger partial charge in [-0.1, -0.05) is 6.07 Å². The molecule has 1 N–H and O–H groups in total. The molecule has 3 nitrogen and oxygen atoms in total. The van der Waals surface area contributed by atoms with Crippen LogP contribution in [0.25, 0.3) is 0 Å². The highest BCUT2D eigenvalue weighted by atomic mass is 35.5. The third-order valence-electron chi connectivity index (χ3n) is 3.32. The lowest BCUT2D eigenvalue weighted by Crippen LogP contribution is -2.49. The van der Waals surface area contributed by atoms with Crippen LogP contribution in [0.1, 0.15) is 19.4 Å². The molecule has 0 amide bonds. The van der Waals surface area contributed by atoms with Gasteiger partial charge in [-0.3, -0.25) is 4.90 Å². The third-order valence-corrected chi connectivity index (χ3v) is 3.32. The summed E-state index contributed by atoms with van der Waals surface area (Å²) in [6.07, 6.45) is 0. The van der Waals surface area contributed by atoms with E-state index in [2.05, 4.69) is 17.1 Å². The van der Waals surface area contributed by atoms with Crippen LogP contribution in [0, 0.1) is 5.82 Å². The molecule has 1 fully saturated rings. The lowest BCUT2D eigenvalue weighted by atomic mass is 10.1. The molecule has 2 rings (SSSR count). The number of nitrogens with one attached hydrogen (secondary N) is 1. The van der Waals surface area contributed by atoms with Crippen LogP contribution in [-0.2, 0) is 6.54 Å². The Bertz CT molecular complexity index is 403. The number of piperazine rings is 1. The number of ether oxygens (including phenoxy) is 1. The Morgan fingerprint density at radius 1 is 1.47 bits per heavy atom. The molecule has 5 heteroatoms. The highest BCUT2D eigenvalue weighted by molar-refractivity contribution is 5.85. The summed E-state index contributed by atoms with van der Waals surface area (Å²) in [4.78, 5) is 2.37. The first-order valence-corrected chi connectivity index (χ1v) is 6.56. The molecule has 1 unspecified atom stereocenters. The van der Waals surface area contributed by atoms with Gasteiger partial charge in [0.25, 0.3) is 0 Å². The van der Waals surface area contributed by atoms with E-state index in [4.69, 9.17) is 4.74 Å². The molecule has 1 aliphatic heterocycles. The zero-order chi connectivity index (χ0) is 13.0. The van der Waals surface area contributed by atoms with Crippen molar-refractivity contribution in [2.75, 3.05) is 26.2 Å². The number of hydrogen-bond donors (Lipinski definition) is 1. The van der Waals surface area contributed by atoms with Crippen molar-refractivity contribution in [3.63, 3.8) is 0 Å². The van der Waals surface area contributed by atoms with Crippen molar-refractivity contribution < 1.29 is 9.13 Å². The second-order valence-corrected chi connectivity index (χ2v) is 4.72. The minimum Gasteiger partial charge on any atom is -0.491 e. The second kappa shape index (κ2) is 7.68. The third kappa shape index (κ3) is 4.34. The van der Waals surface area contributed by atoms with Gasteiger partial charge in [0.05, 0.1) is 6.61 Å². The maximum Gasteiger partial charge on any atom is 0.165 e. The van der Waals surface area contributed by atoms with Crippen LogP contribution in [0.2, 0.25) is 0 Å². The summed E-state index contributed by atoms with van der Waals surface area (Å²) in [5.41, 5.74) is 1.00. The lowest BCUT2D eigenvalue weighted by molar-refractivity contribution is 0.165. The number of hydrogen-bond acceptors (Lipinski definition) is 3. The molecular weight excluding hydrogens is 267 g/mol. The van der Waals surface area contributed by atoms with E-state index in [1.165, 1.54) is 0 Å². The summed E-state index contributed by atoms with van der Waals surface area (Å²) >= 11 is 0. The van der Waals surface area contributed by atoms with Crippen LogP contribution < -0.4 is 10.1 Å². The lowest BCUT2D eigenvalue weighted by Gasteiger charge is -2.33. The van der Waals surface area contributed by atoms with Gasteiger partial charge in [-0.15, -0.1) is 12.4 Å². The van der Waals surface area contributed by atoms with Gasteiger partial charge in [-0.2, -0.15) is 0 Å². The van der Waals surface area contributed by atoms with Gasteiger partial charge in [0, 0.05) is 32.2 Å². The molecule has 108 valence electrons. The van der Waals surface area contributed by atoms with Crippen molar-refractivity contribution in [1.29, 1.82) is 0 Å². The maximum absolute atomic E-state index is 13.7. The molecule has 1 saturated heterocycles. The van der Waals surface area contributed by atoms with Crippen molar-refractivity contribution in [1.82, 2.24) is 10.2 Å². The summed E-state index contributed by atoms with van der Waals surface area (Å²) in [6.45, 7) is 8.35. The number of nitrogens with zero attached hydrogens (tertiary/aromatic N) is 1. The fourth-order valence-electron chi connectivity index (χ4n) is 2.27. The van der Waals surface area contributed by atoms with Crippen molar-refractivity contribution in [2.24, 2.45) is 0 Å². The monoisotopic (exact) mass is 288 g/mol. The molecule has 1 aliphatic rings. The van der Waals surface area contributed by atoms with E-state index in [9.17, 15) is 4.39 Å². The SMILES string of the molecule is CCOc1ccc(CN2CCNCC2C)cc1F.Cl. The van der Waals surface area contributed by atoms with E-state index < -0.39 is 0 Å². The molecule has 1 atom stereocenters. The van der Waals surface area contributed by atoms with E-state index in [1.54, 1.807) is 12.1 Å². The normalized spacial score (nSPS) is 19.8. The Morgan fingerprint density at radius 3 is 2.89 bits per heavy atom. The smallest absolute Gasteiger partial charge is 0.165 e. The van der Waals surface area contributed by atoms with Crippen molar-refractivity contribution in [3.8, 4) is 5.75 Å². The molecule has 1 aromatic carbocycles. The van der Waals surface area contributed by atoms with Crippen LogP contribution in [0.3, 0.4) is 0 Å². The Kier molecular flexibility index (Phi) is 6.55. The summed E-state index contributed by atoms with van der Waals surface area (Å²) < 4.78 is 18.9. The van der Waals surface area contributed by atoms with Gasteiger partial charge in [0.1, 0.15) is 0 Å². The number of benzene rings is 1. The highest BCUT2D eigenvalue weighted by Crippen LogP contribution is 2.20. The van der Waals surface area contributed by atoms with Gasteiger partial charge in [-0.05, 0) is 31.5 Å². The zero-order valence-electron chi connectivity index (χ0n) is 11.5. The topological polar surface area (TPSA) is 24.5 Å². The van der Waals surface area contributed by atoms with Crippen LogP contribution in [0.4, 0.5) is 4.39 Å². The molecule has 0 spiro atoms. The predicted molar refractivity (Wildman–Crippen MR) is 77.6 cm³/mol. The van der Waals surface area contributed by atoms with E-state index in [0.717, 1.165) is 31.7 Å². The second-order valence-electron chi connectivity index (χ2n) is 4.72. The van der Waals surface area contributed by atoms with Crippen molar-refractivity contribution in [2.45, 2.75) is 26.4 Å². The molecule has 0 radical (unpaired) electrons. The number of rotatable bonds is 4. The molecule has 19 heavy (non-hydrogen) atoms. The Balaban J connectivity index is 0.00000180. The van der Waals surface area contributed by atoms with Crippen molar-refractivity contribution in [3.05, 3.63) is 29.6 Å². The molecule has 0 aliphatic carbocycles. The molecular formula is C14H22ClFN2O. The summed E-state index contributed by atoms with van der Waals surface area (Å²) in [6, 6.07) is 5.75. The Morgan fingerprint density at radius 2 is 2.26 bits per heavy atom. The van der Waals surface area contributed by atoms with E-state index in [-0.39, 0.29) is 18.2 Å². The van der Waals surface area contributed by atoms with Gasteiger partial charge < -0.3 is 10.1 Å². The summed E-state index contributed by atoms with van der Waals surface area (Å²) in [5.74, 6) is 0.0757. The van der Waals surface area contributed by atoms with E-state index >= 15 is 0 Å². The largest absolute Gasteiger partial charge is 0.491 e. The average molecular weight is 289 g/mol. The Labute approximate surface area is 120 Å².